The first-order valence-electron chi connectivity index (χ1n) is 11.8. The highest BCUT2D eigenvalue weighted by molar-refractivity contribution is 7.18. The summed E-state index contributed by atoms with van der Waals surface area (Å²) >= 11 is 1.80. The molecule has 0 spiro atoms. The van der Waals surface area contributed by atoms with Gasteiger partial charge in [0.15, 0.2) is 0 Å². The first-order valence-corrected chi connectivity index (χ1v) is 12.6. The minimum Gasteiger partial charge on any atom is -0.395 e. The topological polar surface area (TPSA) is 65.0 Å². The van der Waals surface area contributed by atoms with E-state index in [1.165, 1.54) is 35.1 Å². The Morgan fingerprint density at radius 1 is 1.03 bits per heavy atom. The maximum Gasteiger partial charge on any atom is 0.146 e. The Morgan fingerprint density at radius 2 is 1.81 bits per heavy atom. The van der Waals surface area contributed by atoms with E-state index in [-0.39, 0.29) is 6.61 Å². The zero-order valence-corrected chi connectivity index (χ0v) is 19.7. The van der Waals surface area contributed by atoms with Crippen LogP contribution in [0.25, 0.3) is 10.2 Å². The lowest BCUT2D eigenvalue weighted by atomic mass is 10.1. The molecule has 5 heterocycles. The van der Waals surface area contributed by atoms with Crippen molar-refractivity contribution in [2.75, 3.05) is 57.4 Å². The molecule has 0 saturated carbocycles. The molecule has 2 aromatic rings. The molecule has 3 aliphatic heterocycles. The van der Waals surface area contributed by atoms with E-state index in [0.29, 0.717) is 12.1 Å². The van der Waals surface area contributed by atoms with Gasteiger partial charge in [0.1, 0.15) is 16.5 Å². The Hall–Kier alpha value is -1.32. The summed E-state index contributed by atoms with van der Waals surface area (Å²) in [5.41, 5.74) is 1.33. The third kappa shape index (κ3) is 4.33. The van der Waals surface area contributed by atoms with Crippen LogP contribution >= 0.6 is 11.3 Å². The van der Waals surface area contributed by atoms with Gasteiger partial charge >= 0.3 is 0 Å². The molecule has 0 aromatic carbocycles. The van der Waals surface area contributed by atoms with Crippen LogP contribution in [0.4, 0.5) is 5.82 Å². The van der Waals surface area contributed by atoms with Gasteiger partial charge in [0.2, 0.25) is 0 Å². The summed E-state index contributed by atoms with van der Waals surface area (Å²) in [6.07, 6.45) is 4.71. The fourth-order valence-corrected chi connectivity index (χ4v) is 6.47. The van der Waals surface area contributed by atoms with Crippen molar-refractivity contribution in [1.82, 2.24) is 19.8 Å². The summed E-state index contributed by atoms with van der Waals surface area (Å²) in [6, 6.07) is 0.788. The van der Waals surface area contributed by atoms with Crippen molar-refractivity contribution in [3.05, 3.63) is 16.3 Å². The number of fused-ring (bicyclic) bond motifs is 1. The van der Waals surface area contributed by atoms with Gasteiger partial charge in [-0.2, -0.15) is 0 Å². The Balaban J connectivity index is 1.46. The fourth-order valence-electron chi connectivity index (χ4n) is 5.43. The zero-order valence-electron chi connectivity index (χ0n) is 18.8. The average molecular weight is 446 g/mol. The van der Waals surface area contributed by atoms with Crippen LogP contribution in [0.1, 0.15) is 41.9 Å². The number of aliphatic hydroxyl groups excluding tert-OH is 1. The van der Waals surface area contributed by atoms with Crippen LogP contribution in [-0.4, -0.2) is 89.5 Å². The monoisotopic (exact) mass is 445 g/mol. The van der Waals surface area contributed by atoms with Gasteiger partial charge < -0.3 is 14.7 Å². The van der Waals surface area contributed by atoms with E-state index in [1.807, 2.05) is 0 Å². The fraction of sp³-hybridized carbons (Fsp3) is 0.739. The SMILES string of the molecule is Cc1sc2nc(CN3CCOCC3)nc(N3CCCC3CN3CCCC3CO)c2c1C. The molecule has 1 N–H and O–H groups in total. The van der Waals surface area contributed by atoms with E-state index in [2.05, 4.69) is 28.5 Å². The minimum atomic E-state index is 0.275. The van der Waals surface area contributed by atoms with Crippen molar-refractivity contribution in [2.24, 2.45) is 0 Å². The van der Waals surface area contributed by atoms with E-state index < -0.39 is 0 Å². The molecule has 3 fully saturated rings. The predicted molar refractivity (Wildman–Crippen MR) is 125 cm³/mol. The summed E-state index contributed by atoms with van der Waals surface area (Å²) in [7, 11) is 0. The highest BCUT2D eigenvalue weighted by Crippen LogP contribution is 2.38. The Labute approximate surface area is 189 Å². The first-order chi connectivity index (χ1) is 15.1. The first kappa shape index (κ1) is 21.5. The van der Waals surface area contributed by atoms with Gasteiger partial charge in [-0.1, -0.05) is 0 Å². The van der Waals surface area contributed by atoms with Crippen molar-refractivity contribution >= 4 is 27.4 Å². The van der Waals surface area contributed by atoms with Crippen molar-refractivity contribution in [2.45, 2.75) is 58.2 Å². The van der Waals surface area contributed by atoms with Crippen LogP contribution < -0.4 is 4.90 Å². The number of aromatic nitrogens is 2. The molecule has 170 valence electrons. The molecule has 0 radical (unpaired) electrons. The third-order valence-electron chi connectivity index (χ3n) is 7.33. The number of likely N-dealkylation sites (tertiary alicyclic amines) is 1. The van der Waals surface area contributed by atoms with E-state index in [0.717, 1.165) is 75.4 Å². The second-order valence-corrected chi connectivity index (χ2v) is 10.5. The number of hydrogen-bond donors (Lipinski definition) is 1. The van der Waals surface area contributed by atoms with Crippen LogP contribution in [0, 0.1) is 13.8 Å². The summed E-state index contributed by atoms with van der Waals surface area (Å²) in [6.45, 7) is 12.2. The van der Waals surface area contributed by atoms with E-state index in [4.69, 9.17) is 14.7 Å². The number of ether oxygens (including phenoxy) is 1. The van der Waals surface area contributed by atoms with Crippen molar-refractivity contribution in [3.8, 4) is 0 Å². The molecule has 2 aromatic heterocycles. The molecule has 0 amide bonds. The molecular weight excluding hydrogens is 410 g/mol. The molecule has 5 rings (SSSR count). The Kier molecular flexibility index (Phi) is 6.44. The molecular formula is C23H35N5O2S. The zero-order chi connectivity index (χ0) is 21.4. The van der Waals surface area contributed by atoms with Gasteiger partial charge in [0.25, 0.3) is 0 Å². The van der Waals surface area contributed by atoms with Crippen LogP contribution in [0.2, 0.25) is 0 Å². The second kappa shape index (κ2) is 9.27. The van der Waals surface area contributed by atoms with Crippen LogP contribution in [-0.2, 0) is 11.3 Å². The van der Waals surface area contributed by atoms with Crippen molar-refractivity contribution in [1.29, 1.82) is 0 Å². The molecule has 3 aliphatic rings. The van der Waals surface area contributed by atoms with Crippen LogP contribution in [0.15, 0.2) is 0 Å². The molecule has 3 saturated heterocycles. The van der Waals surface area contributed by atoms with Crippen molar-refractivity contribution in [3.63, 3.8) is 0 Å². The number of rotatable bonds is 6. The summed E-state index contributed by atoms with van der Waals surface area (Å²) in [4.78, 5) is 20.1. The molecule has 8 heteroatoms. The summed E-state index contributed by atoms with van der Waals surface area (Å²) < 4.78 is 5.52. The van der Waals surface area contributed by atoms with Crippen LogP contribution in [0.3, 0.4) is 0 Å². The normalized spacial score (nSPS) is 25.8. The van der Waals surface area contributed by atoms with Gasteiger partial charge in [-0.3, -0.25) is 9.80 Å². The number of hydrogen-bond acceptors (Lipinski definition) is 8. The van der Waals surface area contributed by atoms with Gasteiger partial charge in [-0.05, 0) is 51.6 Å². The predicted octanol–water partition coefficient (Wildman–Crippen LogP) is 2.57. The molecule has 31 heavy (non-hydrogen) atoms. The van der Waals surface area contributed by atoms with Gasteiger partial charge in [0.05, 0.1) is 31.8 Å². The minimum absolute atomic E-state index is 0.275. The van der Waals surface area contributed by atoms with Crippen molar-refractivity contribution < 1.29 is 9.84 Å². The quantitative estimate of drug-likeness (QED) is 0.733. The van der Waals surface area contributed by atoms with E-state index in [1.54, 1.807) is 11.3 Å². The summed E-state index contributed by atoms with van der Waals surface area (Å²) in [5, 5.41) is 11.0. The molecule has 0 aliphatic carbocycles. The van der Waals surface area contributed by atoms with Crippen LogP contribution in [0.5, 0.6) is 0 Å². The molecule has 0 bridgehead atoms. The molecule has 7 nitrogen and oxygen atoms in total. The lowest BCUT2D eigenvalue weighted by molar-refractivity contribution is 0.0331. The molecule has 2 atom stereocenters. The van der Waals surface area contributed by atoms with Gasteiger partial charge in [-0.15, -0.1) is 11.3 Å². The number of thiophene rings is 1. The standard InChI is InChI=1S/C23H35N5O2S/c1-16-17(2)31-23-21(16)22(24-20(25-23)14-26-9-11-30-12-10-26)28-8-4-5-18(28)13-27-7-3-6-19(27)15-29/h18-19,29H,3-15H2,1-2H3. The number of morpholine rings is 1. The molecule has 2 unspecified atom stereocenters. The smallest absolute Gasteiger partial charge is 0.146 e. The van der Waals surface area contributed by atoms with Gasteiger partial charge in [0, 0.05) is 43.1 Å². The largest absolute Gasteiger partial charge is 0.395 e. The van der Waals surface area contributed by atoms with Gasteiger partial charge in [-0.25, -0.2) is 9.97 Å². The Morgan fingerprint density at radius 3 is 2.61 bits per heavy atom. The third-order valence-corrected chi connectivity index (χ3v) is 8.43. The maximum atomic E-state index is 9.78. The van der Waals surface area contributed by atoms with E-state index >= 15 is 0 Å². The lowest BCUT2D eigenvalue weighted by Crippen LogP contribution is -2.44. The van der Waals surface area contributed by atoms with E-state index in [9.17, 15) is 5.11 Å². The number of aryl methyl sites for hydroxylation is 2. The lowest BCUT2D eigenvalue weighted by Gasteiger charge is -2.32. The number of anilines is 1. The number of nitrogens with zero attached hydrogens (tertiary/aromatic N) is 5. The second-order valence-electron chi connectivity index (χ2n) is 9.28. The summed E-state index contributed by atoms with van der Waals surface area (Å²) in [5.74, 6) is 2.07. The average Bonchev–Trinajstić information content (AvgIpc) is 3.49. The maximum absolute atomic E-state index is 9.78. The Bertz CT molecular complexity index is 913. The number of aliphatic hydroxyl groups is 1. The highest BCUT2D eigenvalue weighted by atomic mass is 32.1. The highest BCUT2D eigenvalue weighted by Gasteiger charge is 2.33.